The third kappa shape index (κ3) is 2.97. The van der Waals surface area contributed by atoms with Gasteiger partial charge in [-0.25, -0.2) is 8.78 Å². The lowest BCUT2D eigenvalue weighted by Gasteiger charge is -2.30. The summed E-state index contributed by atoms with van der Waals surface area (Å²) in [6.45, 7) is 1.90. The molecule has 0 spiro atoms. The minimum atomic E-state index is -2.66. The van der Waals surface area contributed by atoms with Gasteiger partial charge in [0.1, 0.15) is 5.75 Å². The predicted octanol–water partition coefficient (Wildman–Crippen LogP) is 3.79. The SMILES string of the molecule is Cc1cncc(-c2noc([C@@H]3Cc4ccccc4O[C@H]3C(F)F)n2)c1. The topological polar surface area (TPSA) is 61.0 Å². The second kappa shape index (κ2) is 6.23. The van der Waals surface area contributed by atoms with Crippen molar-refractivity contribution >= 4 is 0 Å². The summed E-state index contributed by atoms with van der Waals surface area (Å²) in [6.07, 6.45) is -0.297. The van der Waals surface area contributed by atoms with Crippen molar-refractivity contribution in [2.75, 3.05) is 0 Å². The van der Waals surface area contributed by atoms with E-state index in [-0.39, 0.29) is 5.89 Å². The molecule has 1 aromatic carbocycles. The number of para-hydroxylation sites is 1. The van der Waals surface area contributed by atoms with Crippen LogP contribution in [-0.4, -0.2) is 27.7 Å². The number of fused-ring (bicyclic) bond motifs is 1. The van der Waals surface area contributed by atoms with Crippen LogP contribution in [0.15, 0.2) is 47.2 Å². The highest BCUT2D eigenvalue weighted by Crippen LogP contribution is 2.38. The van der Waals surface area contributed by atoms with Gasteiger partial charge in [-0.2, -0.15) is 4.98 Å². The van der Waals surface area contributed by atoms with Crippen molar-refractivity contribution in [2.24, 2.45) is 0 Å². The van der Waals surface area contributed by atoms with Gasteiger partial charge in [-0.05, 0) is 36.6 Å². The van der Waals surface area contributed by atoms with Crippen LogP contribution in [0.5, 0.6) is 5.75 Å². The number of hydrogen-bond acceptors (Lipinski definition) is 5. The molecule has 4 rings (SSSR count). The summed E-state index contributed by atoms with van der Waals surface area (Å²) in [5.74, 6) is 0.259. The van der Waals surface area contributed by atoms with Crippen molar-refractivity contribution in [3.63, 3.8) is 0 Å². The van der Waals surface area contributed by atoms with E-state index in [0.29, 0.717) is 23.6 Å². The molecule has 0 amide bonds. The van der Waals surface area contributed by atoms with Crippen molar-refractivity contribution in [3.8, 4) is 17.1 Å². The maximum absolute atomic E-state index is 13.5. The molecule has 7 heteroatoms. The molecule has 0 aliphatic carbocycles. The fourth-order valence-electron chi connectivity index (χ4n) is 3.00. The van der Waals surface area contributed by atoms with E-state index in [4.69, 9.17) is 9.26 Å². The largest absolute Gasteiger partial charge is 0.483 e. The second-order valence-electron chi connectivity index (χ2n) is 6.04. The lowest BCUT2D eigenvalue weighted by molar-refractivity contribution is -0.0175. The maximum atomic E-state index is 13.5. The molecule has 1 aliphatic rings. The number of ether oxygens (including phenoxy) is 1. The third-order valence-electron chi connectivity index (χ3n) is 4.21. The number of pyridine rings is 1. The third-order valence-corrected chi connectivity index (χ3v) is 4.21. The van der Waals surface area contributed by atoms with E-state index in [1.54, 1.807) is 24.5 Å². The fourth-order valence-corrected chi connectivity index (χ4v) is 3.00. The molecule has 3 heterocycles. The summed E-state index contributed by atoms with van der Waals surface area (Å²) >= 11 is 0. The number of benzene rings is 1. The van der Waals surface area contributed by atoms with Crippen LogP contribution < -0.4 is 4.74 Å². The van der Waals surface area contributed by atoms with Gasteiger partial charge in [0.05, 0.1) is 5.92 Å². The molecule has 0 N–H and O–H groups in total. The minimum absolute atomic E-state index is 0.149. The smallest absolute Gasteiger partial charge is 0.275 e. The minimum Gasteiger partial charge on any atom is -0.483 e. The first kappa shape index (κ1) is 15.7. The van der Waals surface area contributed by atoms with Gasteiger partial charge in [-0.3, -0.25) is 4.98 Å². The summed E-state index contributed by atoms with van der Waals surface area (Å²) in [6, 6.07) is 9.01. The molecular weight excluding hydrogens is 328 g/mol. The standard InChI is InChI=1S/C18H15F2N3O2/c1-10-6-12(9-21-8-10)17-22-18(25-23-17)13-7-11-4-2-3-5-14(11)24-15(13)16(19)20/h2-6,8-9,13,15-16H,7H2,1H3/t13-,15-/m1/s1. The molecule has 0 fully saturated rings. The second-order valence-corrected chi connectivity index (χ2v) is 6.04. The first-order valence-electron chi connectivity index (χ1n) is 7.90. The molecule has 0 saturated heterocycles. The van der Waals surface area contributed by atoms with Gasteiger partial charge in [0.15, 0.2) is 6.10 Å². The van der Waals surface area contributed by atoms with Crippen LogP contribution in [0.3, 0.4) is 0 Å². The fraction of sp³-hybridized carbons (Fsp3) is 0.278. The van der Waals surface area contributed by atoms with Gasteiger partial charge in [0.25, 0.3) is 6.43 Å². The number of rotatable bonds is 3. The summed E-state index contributed by atoms with van der Waals surface area (Å²) in [5, 5.41) is 3.93. The molecule has 2 aromatic heterocycles. The van der Waals surface area contributed by atoms with Crippen LogP contribution in [0.4, 0.5) is 8.78 Å². The van der Waals surface area contributed by atoms with Crippen LogP contribution in [0.25, 0.3) is 11.4 Å². The number of alkyl halides is 2. The Morgan fingerprint density at radius 2 is 2.04 bits per heavy atom. The van der Waals surface area contributed by atoms with Crippen LogP contribution in [0, 0.1) is 6.92 Å². The Balaban J connectivity index is 1.68. The van der Waals surface area contributed by atoms with Gasteiger partial charge in [0.2, 0.25) is 11.7 Å². The maximum Gasteiger partial charge on any atom is 0.275 e. The Bertz CT molecular complexity index is 897. The van der Waals surface area contributed by atoms with E-state index in [1.807, 2.05) is 25.1 Å². The lowest BCUT2D eigenvalue weighted by Crippen LogP contribution is -2.37. The molecule has 0 bridgehead atoms. The van der Waals surface area contributed by atoms with Crippen LogP contribution in [0.1, 0.15) is 22.9 Å². The van der Waals surface area contributed by atoms with Crippen molar-refractivity contribution in [1.29, 1.82) is 0 Å². The normalized spacial score (nSPS) is 19.5. The van der Waals surface area contributed by atoms with Crippen LogP contribution in [-0.2, 0) is 6.42 Å². The zero-order valence-electron chi connectivity index (χ0n) is 13.4. The quantitative estimate of drug-likeness (QED) is 0.724. The van der Waals surface area contributed by atoms with Gasteiger partial charge >= 0.3 is 0 Å². The van der Waals surface area contributed by atoms with E-state index >= 15 is 0 Å². The number of aryl methyl sites for hydroxylation is 1. The van der Waals surface area contributed by atoms with E-state index in [0.717, 1.165) is 11.1 Å². The highest BCUT2D eigenvalue weighted by Gasteiger charge is 2.40. The molecule has 2 atom stereocenters. The molecule has 5 nitrogen and oxygen atoms in total. The molecular formula is C18H15F2N3O2. The van der Waals surface area contributed by atoms with Gasteiger partial charge in [-0.1, -0.05) is 23.4 Å². The van der Waals surface area contributed by atoms with E-state index in [1.165, 1.54) is 0 Å². The first-order valence-corrected chi connectivity index (χ1v) is 7.90. The number of halogens is 2. The monoisotopic (exact) mass is 343 g/mol. The highest BCUT2D eigenvalue weighted by atomic mass is 19.3. The summed E-state index contributed by atoms with van der Waals surface area (Å²) < 4.78 is 37.8. The summed E-state index contributed by atoms with van der Waals surface area (Å²) in [7, 11) is 0. The van der Waals surface area contributed by atoms with Crippen molar-refractivity contribution < 1.29 is 18.0 Å². The van der Waals surface area contributed by atoms with E-state index in [9.17, 15) is 8.78 Å². The van der Waals surface area contributed by atoms with Crippen molar-refractivity contribution in [1.82, 2.24) is 15.1 Å². The lowest BCUT2D eigenvalue weighted by atomic mass is 9.90. The molecule has 128 valence electrons. The molecule has 0 saturated carbocycles. The zero-order valence-corrected chi connectivity index (χ0v) is 13.4. The van der Waals surface area contributed by atoms with Crippen molar-refractivity contribution in [3.05, 3.63) is 59.7 Å². The predicted molar refractivity (Wildman–Crippen MR) is 85.6 cm³/mol. The molecule has 25 heavy (non-hydrogen) atoms. The highest BCUT2D eigenvalue weighted by molar-refractivity contribution is 5.53. The Labute approximate surface area is 142 Å². The first-order chi connectivity index (χ1) is 12.1. The average molecular weight is 343 g/mol. The number of hydrogen-bond donors (Lipinski definition) is 0. The van der Waals surface area contributed by atoms with Gasteiger partial charge in [0, 0.05) is 18.0 Å². The Hall–Kier alpha value is -2.83. The molecule has 1 aliphatic heterocycles. The molecule has 0 radical (unpaired) electrons. The molecule has 3 aromatic rings. The van der Waals surface area contributed by atoms with Crippen LogP contribution >= 0.6 is 0 Å². The van der Waals surface area contributed by atoms with Gasteiger partial charge in [-0.15, -0.1) is 0 Å². The zero-order chi connectivity index (χ0) is 17.4. The Morgan fingerprint density at radius 1 is 1.20 bits per heavy atom. The number of aromatic nitrogens is 3. The average Bonchev–Trinajstić information content (AvgIpc) is 3.10. The van der Waals surface area contributed by atoms with E-state index in [2.05, 4.69) is 15.1 Å². The van der Waals surface area contributed by atoms with Crippen LogP contribution in [0.2, 0.25) is 0 Å². The van der Waals surface area contributed by atoms with Crippen molar-refractivity contribution in [2.45, 2.75) is 31.8 Å². The Kier molecular flexibility index (Phi) is 3.91. The number of nitrogens with zero attached hydrogens (tertiary/aromatic N) is 3. The van der Waals surface area contributed by atoms with Gasteiger partial charge < -0.3 is 9.26 Å². The Morgan fingerprint density at radius 3 is 2.84 bits per heavy atom. The van der Waals surface area contributed by atoms with E-state index < -0.39 is 18.4 Å². The molecule has 0 unspecified atom stereocenters. The summed E-state index contributed by atoms with van der Waals surface area (Å²) in [5.41, 5.74) is 2.48. The summed E-state index contributed by atoms with van der Waals surface area (Å²) in [4.78, 5) is 8.41.